The Labute approximate surface area is 185 Å². The Morgan fingerprint density at radius 3 is 2.70 bits per heavy atom. The van der Waals surface area contributed by atoms with Crippen LogP contribution < -0.4 is 14.9 Å². The zero-order valence-electron chi connectivity index (χ0n) is 16.6. The van der Waals surface area contributed by atoms with Gasteiger partial charge in [-0.15, -0.1) is 0 Å². The highest BCUT2D eigenvalue weighted by Crippen LogP contribution is 2.31. The van der Waals surface area contributed by atoms with E-state index in [-0.39, 0.29) is 29.7 Å². The molecule has 7 nitrogen and oxygen atoms in total. The third-order valence-corrected chi connectivity index (χ3v) is 7.00. The molecule has 0 aromatic heterocycles. The summed E-state index contributed by atoms with van der Waals surface area (Å²) in [5.74, 6) is -0.961. The SMILES string of the molecule is CCCCNS(=O)(=O)c1cccc(NC(=O)C2CC(=O)N(c3ccccc3Br)C2)c1. The quantitative estimate of drug-likeness (QED) is 0.549. The van der Waals surface area contributed by atoms with E-state index in [2.05, 4.69) is 26.0 Å². The van der Waals surface area contributed by atoms with Crippen LogP contribution in [0.2, 0.25) is 0 Å². The molecule has 0 saturated carbocycles. The van der Waals surface area contributed by atoms with E-state index >= 15 is 0 Å². The normalized spacial score (nSPS) is 16.7. The maximum absolute atomic E-state index is 12.7. The lowest BCUT2D eigenvalue weighted by Crippen LogP contribution is -2.28. The van der Waals surface area contributed by atoms with Crippen LogP contribution in [0.15, 0.2) is 57.9 Å². The summed E-state index contributed by atoms with van der Waals surface area (Å²) in [7, 11) is -3.64. The predicted octanol–water partition coefficient (Wildman–Crippen LogP) is 3.52. The Morgan fingerprint density at radius 1 is 1.20 bits per heavy atom. The van der Waals surface area contributed by atoms with Gasteiger partial charge >= 0.3 is 0 Å². The Balaban J connectivity index is 1.68. The molecule has 160 valence electrons. The predicted molar refractivity (Wildman–Crippen MR) is 120 cm³/mol. The molecule has 1 atom stereocenters. The van der Waals surface area contributed by atoms with Gasteiger partial charge in [-0.05, 0) is 52.7 Å². The molecule has 1 unspecified atom stereocenters. The summed E-state index contributed by atoms with van der Waals surface area (Å²) in [4.78, 5) is 26.9. The van der Waals surface area contributed by atoms with E-state index in [1.165, 1.54) is 12.1 Å². The van der Waals surface area contributed by atoms with Crippen LogP contribution in [0, 0.1) is 5.92 Å². The molecular formula is C21H24BrN3O4S. The monoisotopic (exact) mass is 493 g/mol. The first kappa shape index (κ1) is 22.5. The van der Waals surface area contributed by atoms with E-state index in [4.69, 9.17) is 0 Å². The van der Waals surface area contributed by atoms with Crippen molar-refractivity contribution in [3.63, 3.8) is 0 Å². The van der Waals surface area contributed by atoms with Gasteiger partial charge in [0.2, 0.25) is 21.8 Å². The lowest BCUT2D eigenvalue weighted by molar-refractivity contribution is -0.122. The number of nitrogens with one attached hydrogen (secondary N) is 2. The number of para-hydroxylation sites is 1. The van der Waals surface area contributed by atoms with Gasteiger partial charge < -0.3 is 10.2 Å². The van der Waals surface area contributed by atoms with Crippen molar-refractivity contribution in [2.24, 2.45) is 5.92 Å². The Morgan fingerprint density at radius 2 is 1.97 bits per heavy atom. The molecule has 1 fully saturated rings. The average molecular weight is 494 g/mol. The molecule has 0 bridgehead atoms. The Bertz CT molecular complexity index is 1040. The van der Waals surface area contributed by atoms with Crippen LogP contribution in [0.1, 0.15) is 26.2 Å². The van der Waals surface area contributed by atoms with E-state index in [0.717, 1.165) is 23.0 Å². The van der Waals surface area contributed by atoms with E-state index < -0.39 is 15.9 Å². The van der Waals surface area contributed by atoms with Gasteiger partial charge in [-0.1, -0.05) is 31.5 Å². The van der Waals surface area contributed by atoms with Gasteiger partial charge in [0.05, 0.1) is 16.5 Å². The van der Waals surface area contributed by atoms with Gasteiger partial charge in [-0.3, -0.25) is 9.59 Å². The summed E-state index contributed by atoms with van der Waals surface area (Å²) in [5, 5.41) is 2.75. The summed E-state index contributed by atoms with van der Waals surface area (Å²) in [6.45, 7) is 2.62. The third kappa shape index (κ3) is 5.27. The topological polar surface area (TPSA) is 95.6 Å². The number of carbonyl (C=O) groups is 2. The van der Waals surface area contributed by atoms with Crippen LogP contribution in [-0.2, 0) is 19.6 Å². The molecule has 1 heterocycles. The highest BCUT2D eigenvalue weighted by atomic mass is 79.9. The first-order valence-corrected chi connectivity index (χ1v) is 12.0. The lowest BCUT2D eigenvalue weighted by atomic mass is 10.1. The van der Waals surface area contributed by atoms with E-state index in [9.17, 15) is 18.0 Å². The number of anilines is 2. The molecule has 1 saturated heterocycles. The summed E-state index contributed by atoms with van der Waals surface area (Å²) < 4.78 is 28.1. The zero-order valence-corrected chi connectivity index (χ0v) is 19.0. The van der Waals surface area contributed by atoms with Gasteiger partial charge in [-0.2, -0.15) is 0 Å². The van der Waals surface area contributed by atoms with Crippen molar-refractivity contribution in [3.8, 4) is 0 Å². The largest absolute Gasteiger partial charge is 0.326 e. The molecule has 0 aliphatic carbocycles. The van der Waals surface area contributed by atoms with Crippen LogP contribution >= 0.6 is 15.9 Å². The molecule has 2 N–H and O–H groups in total. The number of hydrogen-bond donors (Lipinski definition) is 2. The van der Waals surface area contributed by atoms with Crippen LogP contribution in [0.5, 0.6) is 0 Å². The molecule has 30 heavy (non-hydrogen) atoms. The van der Waals surface area contributed by atoms with Crippen molar-refractivity contribution in [3.05, 3.63) is 53.0 Å². The minimum Gasteiger partial charge on any atom is -0.326 e. The maximum Gasteiger partial charge on any atom is 0.240 e. The number of carbonyl (C=O) groups excluding carboxylic acids is 2. The number of benzene rings is 2. The highest BCUT2D eigenvalue weighted by molar-refractivity contribution is 9.10. The summed E-state index contributed by atoms with van der Waals surface area (Å²) in [6.07, 6.45) is 1.73. The zero-order chi connectivity index (χ0) is 21.7. The van der Waals surface area contributed by atoms with Crippen LogP contribution in [-0.4, -0.2) is 33.3 Å². The number of rotatable bonds is 8. The number of hydrogen-bond acceptors (Lipinski definition) is 4. The molecule has 2 aromatic rings. The molecule has 2 amide bonds. The van der Waals surface area contributed by atoms with Crippen molar-refractivity contribution in [1.82, 2.24) is 4.72 Å². The molecule has 1 aliphatic heterocycles. The second-order valence-corrected chi connectivity index (χ2v) is 9.75. The smallest absolute Gasteiger partial charge is 0.240 e. The van der Waals surface area contributed by atoms with Gasteiger partial charge in [-0.25, -0.2) is 13.1 Å². The number of amides is 2. The number of unbranched alkanes of at least 4 members (excludes halogenated alkanes) is 1. The Kier molecular flexibility index (Phi) is 7.27. The minimum absolute atomic E-state index is 0.0914. The van der Waals surface area contributed by atoms with Crippen molar-refractivity contribution < 1.29 is 18.0 Å². The number of sulfonamides is 1. The minimum atomic E-state index is -3.64. The summed E-state index contributed by atoms with van der Waals surface area (Å²) in [5.41, 5.74) is 1.11. The van der Waals surface area contributed by atoms with Gasteiger partial charge in [0, 0.05) is 29.7 Å². The fourth-order valence-electron chi connectivity index (χ4n) is 3.24. The van der Waals surface area contributed by atoms with Crippen molar-refractivity contribution >= 4 is 49.1 Å². The number of nitrogens with zero attached hydrogens (tertiary/aromatic N) is 1. The van der Waals surface area contributed by atoms with Gasteiger partial charge in [0.25, 0.3) is 0 Å². The van der Waals surface area contributed by atoms with Crippen molar-refractivity contribution in [2.75, 3.05) is 23.3 Å². The number of halogens is 1. The molecule has 0 radical (unpaired) electrons. The standard InChI is InChI=1S/C21H24BrN3O4S/c1-2-3-11-23-30(28,29)17-8-6-7-16(13-17)24-21(27)15-12-20(26)25(14-15)19-10-5-4-9-18(19)22/h4-10,13,15,23H,2-3,11-12,14H2,1H3,(H,24,27). The molecule has 3 rings (SSSR count). The van der Waals surface area contributed by atoms with Crippen LogP contribution in [0.25, 0.3) is 0 Å². The van der Waals surface area contributed by atoms with E-state index in [1.54, 1.807) is 17.0 Å². The second-order valence-electron chi connectivity index (χ2n) is 7.13. The maximum atomic E-state index is 12.7. The molecular weight excluding hydrogens is 470 g/mol. The first-order valence-electron chi connectivity index (χ1n) is 9.77. The highest BCUT2D eigenvalue weighted by Gasteiger charge is 2.35. The summed E-state index contributed by atoms with van der Waals surface area (Å²) >= 11 is 3.44. The average Bonchev–Trinajstić information content (AvgIpc) is 3.10. The van der Waals surface area contributed by atoms with Crippen molar-refractivity contribution in [1.29, 1.82) is 0 Å². The lowest BCUT2D eigenvalue weighted by Gasteiger charge is -2.18. The molecule has 2 aromatic carbocycles. The van der Waals surface area contributed by atoms with Crippen LogP contribution in [0.3, 0.4) is 0 Å². The fourth-order valence-corrected chi connectivity index (χ4v) is 4.86. The van der Waals surface area contributed by atoms with Gasteiger partial charge in [0.15, 0.2) is 0 Å². The van der Waals surface area contributed by atoms with Crippen LogP contribution in [0.4, 0.5) is 11.4 Å². The molecule has 9 heteroatoms. The van der Waals surface area contributed by atoms with E-state index in [0.29, 0.717) is 12.2 Å². The molecule has 1 aliphatic rings. The molecule has 0 spiro atoms. The van der Waals surface area contributed by atoms with Crippen molar-refractivity contribution in [2.45, 2.75) is 31.1 Å². The summed E-state index contributed by atoms with van der Waals surface area (Å²) in [6, 6.07) is 13.5. The Hall–Kier alpha value is -2.23. The fraction of sp³-hybridized carbons (Fsp3) is 0.333. The third-order valence-electron chi connectivity index (χ3n) is 4.87. The second kappa shape index (κ2) is 9.72. The van der Waals surface area contributed by atoms with Gasteiger partial charge in [0.1, 0.15) is 0 Å². The van der Waals surface area contributed by atoms with E-state index in [1.807, 2.05) is 31.2 Å². The first-order chi connectivity index (χ1) is 14.3.